The van der Waals surface area contributed by atoms with Crippen LogP contribution in [0.3, 0.4) is 0 Å². The van der Waals surface area contributed by atoms with Gasteiger partial charge in [0, 0.05) is 25.7 Å². The van der Waals surface area contributed by atoms with E-state index < -0.39 is 35.0 Å². The first-order valence-corrected chi connectivity index (χ1v) is 12.0. The number of aliphatic hydroxyl groups is 1. The van der Waals surface area contributed by atoms with Crippen LogP contribution in [0.4, 0.5) is 0 Å². The molecule has 3 heterocycles. The summed E-state index contributed by atoms with van der Waals surface area (Å²) in [6, 6.07) is -0.913. The molecular formula is C24H38N2O6. The Morgan fingerprint density at radius 3 is 2.53 bits per heavy atom. The standard InChI is InChI=1S/C24H38N2O6/c1-5-13-25(16(3)4)21(29)19-24-12-11-23(6-2,32-24)18(22(30)31)17(24)20(28)26(19)14-9-7-8-10-15-27/h5,16-19,27H,1,6-15H2,2-4H3,(H,30,31)/t17-,18-,19?,23+,24?/m0/s1. The van der Waals surface area contributed by atoms with E-state index in [9.17, 15) is 19.5 Å². The number of likely N-dealkylation sites (tertiary alicyclic amines) is 1. The smallest absolute Gasteiger partial charge is 0.310 e. The number of carbonyl (C=O) groups is 3. The quantitative estimate of drug-likeness (QED) is 0.349. The summed E-state index contributed by atoms with van der Waals surface area (Å²) in [6.45, 7) is 10.4. The third-order valence-corrected chi connectivity index (χ3v) is 7.72. The first-order chi connectivity index (χ1) is 15.2. The number of fused-ring (bicyclic) bond motifs is 1. The van der Waals surface area contributed by atoms with Crippen LogP contribution >= 0.6 is 0 Å². The molecule has 0 aromatic rings. The van der Waals surface area contributed by atoms with E-state index in [4.69, 9.17) is 9.84 Å². The Morgan fingerprint density at radius 2 is 1.97 bits per heavy atom. The summed E-state index contributed by atoms with van der Waals surface area (Å²) in [5.74, 6) is -3.25. The van der Waals surface area contributed by atoms with E-state index >= 15 is 0 Å². The van der Waals surface area contributed by atoms with E-state index in [1.807, 2.05) is 20.8 Å². The molecule has 8 nitrogen and oxygen atoms in total. The van der Waals surface area contributed by atoms with Crippen molar-refractivity contribution in [2.75, 3.05) is 19.7 Å². The number of hydrogen-bond acceptors (Lipinski definition) is 5. The van der Waals surface area contributed by atoms with Gasteiger partial charge < -0.3 is 24.7 Å². The molecule has 1 spiro atoms. The van der Waals surface area contributed by atoms with Gasteiger partial charge in [-0.1, -0.05) is 25.8 Å². The van der Waals surface area contributed by atoms with E-state index in [0.717, 1.165) is 12.8 Å². The highest BCUT2D eigenvalue weighted by atomic mass is 16.5. The maximum absolute atomic E-state index is 13.9. The van der Waals surface area contributed by atoms with Crippen LogP contribution in [-0.4, -0.2) is 80.8 Å². The van der Waals surface area contributed by atoms with Crippen molar-refractivity contribution in [1.29, 1.82) is 0 Å². The van der Waals surface area contributed by atoms with Gasteiger partial charge in [0.2, 0.25) is 11.8 Å². The van der Waals surface area contributed by atoms with Gasteiger partial charge in [0.05, 0.1) is 11.5 Å². The number of hydrogen-bond donors (Lipinski definition) is 2. The molecule has 3 fully saturated rings. The molecule has 2 amide bonds. The summed E-state index contributed by atoms with van der Waals surface area (Å²) in [5, 5.41) is 19.1. The van der Waals surface area contributed by atoms with Gasteiger partial charge in [0.25, 0.3) is 0 Å². The van der Waals surface area contributed by atoms with Crippen molar-refractivity contribution >= 4 is 17.8 Å². The normalized spacial score (nSPS) is 33.1. The Labute approximate surface area is 190 Å². The molecule has 3 aliphatic rings. The molecule has 8 heteroatoms. The summed E-state index contributed by atoms with van der Waals surface area (Å²) < 4.78 is 6.53. The molecular weight excluding hydrogens is 412 g/mol. The monoisotopic (exact) mass is 450 g/mol. The van der Waals surface area contributed by atoms with Crippen LogP contribution in [0, 0.1) is 11.8 Å². The molecule has 2 bridgehead atoms. The number of amides is 2. The van der Waals surface area contributed by atoms with Crippen molar-refractivity contribution < 1.29 is 29.3 Å². The first kappa shape index (κ1) is 24.7. The van der Waals surface area contributed by atoms with E-state index in [1.165, 1.54) is 0 Å². The number of aliphatic hydroxyl groups excluding tert-OH is 1. The number of rotatable bonds is 12. The maximum Gasteiger partial charge on any atom is 0.310 e. The third kappa shape index (κ3) is 3.75. The number of unbranched alkanes of at least 4 members (excludes halogenated alkanes) is 3. The average Bonchev–Trinajstić information content (AvgIpc) is 3.35. The number of carboxylic acids is 1. The fourth-order valence-electron chi connectivity index (χ4n) is 6.21. The lowest BCUT2D eigenvalue weighted by atomic mass is 9.65. The average molecular weight is 451 g/mol. The van der Waals surface area contributed by atoms with Crippen LogP contribution in [-0.2, 0) is 19.1 Å². The Morgan fingerprint density at radius 1 is 1.28 bits per heavy atom. The van der Waals surface area contributed by atoms with Crippen molar-refractivity contribution in [3.63, 3.8) is 0 Å². The minimum Gasteiger partial charge on any atom is -0.481 e. The lowest BCUT2D eigenvalue weighted by Crippen LogP contribution is -2.57. The number of carboxylic acid groups (broad SMARTS) is 1. The van der Waals surface area contributed by atoms with Gasteiger partial charge in [-0.3, -0.25) is 14.4 Å². The number of ether oxygens (including phenoxy) is 1. The third-order valence-electron chi connectivity index (χ3n) is 7.72. The predicted molar refractivity (Wildman–Crippen MR) is 119 cm³/mol. The van der Waals surface area contributed by atoms with E-state index in [0.29, 0.717) is 45.2 Å². The van der Waals surface area contributed by atoms with Crippen LogP contribution in [0.1, 0.15) is 65.7 Å². The summed E-state index contributed by atoms with van der Waals surface area (Å²) in [7, 11) is 0. The molecule has 2 N–H and O–H groups in total. The number of carbonyl (C=O) groups excluding carboxylic acids is 2. The molecule has 0 radical (unpaired) electrons. The van der Waals surface area contributed by atoms with Crippen LogP contribution in [0.25, 0.3) is 0 Å². The van der Waals surface area contributed by atoms with Crippen molar-refractivity contribution in [3.8, 4) is 0 Å². The predicted octanol–water partition coefficient (Wildman–Crippen LogP) is 2.20. The Balaban J connectivity index is 1.99. The van der Waals surface area contributed by atoms with Crippen LogP contribution in [0.2, 0.25) is 0 Å². The summed E-state index contributed by atoms with van der Waals surface area (Å²) >= 11 is 0. The largest absolute Gasteiger partial charge is 0.481 e. The Kier molecular flexibility index (Phi) is 7.34. The Hall–Kier alpha value is -1.93. The molecule has 2 unspecified atom stereocenters. The molecule has 3 rings (SSSR count). The highest BCUT2D eigenvalue weighted by Gasteiger charge is 2.79. The van der Waals surface area contributed by atoms with E-state index in [-0.39, 0.29) is 24.5 Å². The number of aliphatic carboxylic acids is 1. The zero-order valence-corrected chi connectivity index (χ0v) is 19.6. The molecule has 5 atom stereocenters. The van der Waals surface area contributed by atoms with Gasteiger partial charge in [0.1, 0.15) is 17.6 Å². The van der Waals surface area contributed by atoms with Gasteiger partial charge in [-0.15, -0.1) is 6.58 Å². The SMILES string of the molecule is C=CCN(C(=O)C1N(CCCCCCO)C(=O)[C@@H]2[C@@H](C(=O)O)[C@@]3(CC)CCC12O3)C(C)C. The number of nitrogens with zero attached hydrogens (tertiary/aromatic N) is 2. The molecule has 0 aromatic carbocycles. The van der Waals surface area contributed by atoms with E-state index in [1.54, 1.807) is 15.9 Å². The minimum atomic E-state index is -1.09. The summed E-state index contributed by atoms with van der Waals surface area (Å²) in [4.78, 5) is 43.2. The topological polar surface area (TPSA) is 107 Å². The molecule has 3 aliphatic heterocycles. The second-order valence-corrected chi connectivity index (χ2v) is 9.71. The zero-order valence-electron chi connectivity index (χ0n) is 19.6. The first-order valence-electron chi connectivity index (χ1n) is 12.0. The lowest BCUT2D eigenvalue weighted by molar-refractivity contribution is -0.158. The summed E-state index contributed by atoms with van der Waals surface area (Å²) in [6.07, 6.45) is 6.28. The van der Waals surface area contributed by atoms with Crippen molar-refractivity contribution in [2.45, 2.75) is 89.0 Å². The molecule has 0 aromatic heterocycles. The van der Waals surface area contributed by atoms with Gasteiger partial charge in [-0.2, -0.15) is 0 Å². The van der Waals surface area contributed by atoms with Gasteiger partial charge in [-0.05, 0) is 46.0 Å². The fraction of sp³-hybridized carbons (Fsp3) is 0.792. The molecule has 32 heavy (non-hydrogen) atoms. The van der Waals surface area contributed by atoms with Gasteiger partial charge >= 0.3 is 5.97 Å². The lowest BCUT2D eigenvalue weighted by Gasteiger charge is -2.38. The molecule has 3 saturated heterocycles. The van der Waals surface area contributed by atoms with Crippen LogP contribution in [0.5, 0.6) is 0 Å². The Bertz CT molecular complexity index is 755. The molecule has 0 aliphatic carbocycles. The van der Waals surface area contributed by atoms with E-state index in [2.05, 4.69) is 6.58 Å². The van der Waals surface area contributed by atoms with Gasteiger partial charge in [0.15, 0.2) is 0 Å². The zero-order chi connectivity index (χ0) is 23.7. The van der Waals surface area contributed by atoms with Crippen molar-refractivity contribution in [1.82, 2.24) is 9.80 Å². The highest BCUT2D eigenvalue weighted by molar-refractivity contribution is 5.98. The van der Waals surface area contributed by atoms with Crippen LogP contribution in [0.15, 0.2) is 12.7 Å². The van der Waals surface area contributed by atoms with Gasteiger partial charge in [-0.25, -0.2) is 0 Å². The van der Waals surface area contributed by atoms with Crippen molar-refractivity contribution in [3.05, 3.63) is 12.7 Å². The summed E-state index contributed by atoms with van der Waals surface area (Å²) in [5.41, 5.74) is -1.98. The molecule has 0 saturated carbocycles. The minimum absolute atomic E-state index is 0.0912. The second-order valence-electron chi connectivity index (χ2n) is 9.71. The van der Waals surface area contributed by atoms with Crippen molar-refractivity contribution in [2.24, 2.45) is 11.8 Å². The second kappa shape index (κ2) is 9.51. The maximum atomic E-state index is 13.9. The highest BCUT2D eigenvalue weighted by Crippen LogP contribution is 2.64. The fourth-order valence-corrected chi connectivity index (χ4v) is 6.21. The van der Waals surface area contributed by atoms with Crippen LogP contribution < -0.4 is 0 Å². The molecule has 180 valence electrons.